The van der Waals surface area contributed by atoms with Crippen LogP contribution in [0.1, 0.15) is 25.7 Å². The molecule has 0 aromatic heterocycles. The predicted octanol–water partition coefficient (Wildman–Crippen LogP) is 0.392. The molecule has 0 aromatic rings. The molecule has 2 unspecified atom stereocenters. The fourth-order valence-electron chi connectivity index (χ4n) is 2.91. The highest BCUT2D eigenvalue weighted by atomic mass is 16.5. The van der Waals surface area contributed by atoms with E-state index in [2.05, 4.69) is 10.2 Å². The average Bonchev–Trinajstić information content (AvgIpc) is 3.14. The zero-order chi connectivity index (χ0) is 13.1. The second-order valence-electron chi connectivity index (χ2n) is 5.91. The van der Waals surface area contributed by atoms with Crippen LogP contribution in [0.3, 0.4) is 0 Å². The van der Waals surface area contributed by atoms with E-state index in [4.69, 9.17) is 9.47 Å². The van der Waals surface area contributed by atoms with Crippen LogP contribution in [0.5, 0.6) is 0 Å². The van der Waals surface area contributed by atoms with Crippen molar-refractivity contribution in [2.24, 2.45) is 5.92 Å². The molecular weight excluding hydrogens is 244 g/mol. The molecule has 0 radical (unpaired) electrons. The Bertz CT molecular complexity index is 308. The number of hydrogen-bond donors (Lipinski definition) is 1. The lowest BCUT2D eigenvalue weighted by atomic mass is 10.1. The van der Waals surface area contributed by atoms with Crippen molar-refractivity contribution in [1.82, 2.24) is 10.2 Å². The van der Waals surface area contributed by atoms with Crippen molar-refractivity contribution < 1.29 is 14.3 Å². The Labute approximate surface area is 114 Å². The van der Waals surface area contributed by atoms with Crippen molar-refractivity contribution in [3.8, 4) is 0 Å². The van der Waals surface area contributed by atoms with Crippen molar-refractivity contribution in [2.45, 2.75) is 37.8 Å². The van der Waals surface area contributed by atoms with Crippen LogP contribution in [0.2, 0.25) is 0 Å². The van der Waals surface area contributed by atoms with Gasteiger partial charge < -0.3 is 19.7 Å². The molecule has 1 amide bonds. The molecule has 3 rings (SSSR count). The van der Waals surface area contributed by atoms with E-state index in [1.54, 1.807) is 0 Å². The minimum Gasteiger partial charge on any atom is -0.381 e. The van der Waals surface area contributed by atoms with Gasteiger partial charge in [0.1, 0.15) is 0 Å². The van der Waals surface area contributed by atoms with Gasteiger partial charge in [0.25, 0.3) is 0 Å². The van der Waals surface area contributed by atoms with Gasteiger partial charge in [-0.2, -0.15) is 0 Å². The zero-order valence-corrected chi connectivity index (χ0v) is 11.5. The molecule has 1 aliphatic carbocycles. The first-order valence-corrected chi connectivity index (χ1v) is 7.52. The van der Waals surface area contributed by atoms with Crippen molar-refractivity contribution in [3.05, 3.63) is 0 Å². The monoisotopic (exact) mass is 268 g/mol. The molecule has 2 saturated heterocycles. The van der Waals surface area contributed by atoms with Crippen LogP contribution in [0.25, 0.3) is 0 Å². The highest BCUT2D eigenvalue weighted by Gasteiger charge is 2.35. The third-order valence-corrected chi connectivity index (χ3v) is 4.19. The molecule has 3 fully saturated rings. The summed E-state index contributed by atoms with van der Waals surface area (Å²) in [6, 6.07) is 0.490. The fraction of sp³-hybridized carbons (Fsp3) is 0.929. The second kappa shape index (κ2) is 6.20. The van der Waals surface area contributed by atoms with E-state index in [1.165, 1.54) is 12.8 Å². The Morgan fingerprint density at radius 2 is 2.16 bits per heavy atom. The summed E-state index contributed by atoms with van der Waals surface area (Å²) in [5.74, 6) is 0.804. The first-order valence-electron chi connectivity index (χ1n) is 7.52. The molecule has 108 valence electrons. The average molecular weight is 268 g/mol. The van der Waals surface area contributed by atoms with Crippen LogP contribution in [0.15, 0.2) is 0 Å². The van der Waals surface area contributed by atoms with Crippen molar-refractivity contribution in [1.29, 1.82) is 0 Å². The summed E-state index contributed by atoms with van der Waals surface area (Å²) < 4.78 is 11.0. The van der Waals surface area contributed by atoms with Crippen LogP contribution in [-0.4, -0.2) is 62.4 Å². The summed E-state index contributed by atoms with van der Waals surface area (Å²) in [5, 5.41) is 3.28. The van der Waals surface area contributed by atoms with E-state index in [1.807, 2.05) is 0 Å². The maximum absolute atomic E-state index is 12.5. The molecule has 1 saturated carbocycles. The number of hydrogen-bond acceptors (Lipinski definition) is 4. The van der Waals surface area contributed by atoms with Crippen LogP contribution in [0.4, 0.5) is 0 Å². The van der Waals surface area contributed by atoms with Crippen molar-refractivity contribution >= 4 is 5.91 Å². The zero-order valence-electron chi connectivity index (χ0n) is 11.5. The normalized spacial score (nSPS) is 31.4. The highest BCUT2D eigenvalue weighted by Crippen LogP contribution is 2.29. The van der Waals surface area contributed by atoms with Gasteiger partial charge in [-0.15, -0.1) is 0 Å². The number of carbonyl (C=O) groups is 1. The van der Waals surface area contributed by atoms with Gasteiger partial charge in [0.15, 0.2) is 0 Å². The number of carbonyl (C=O) groups excluding carboxylic acids is 1. The van der Waals surface area contributed by atoms with E-state index < -0.39 is 0 Å². The Morgan fingerprint density at radius 1 is 1.26 bits per heavy atom. The van der Waals surface area contributed by atoms with E-state index in [0.717, 1.165) is 45.9 Å². The van der Waals surface area contributed by atoms with Gasteiger partial charge in [0.05, 0.1) is 25.7 Å². The summed E-state index contributed by atoms with van der Waals surface area (Å²) in [5.41, 5.74) is 0. The molecule has 0 bridgehead atoms. The van der Waals surface area contributed by atoms with Crippen molar-refractivity contribution in [2.75, 3.05) is 39.5 Å². The highest BCUT2D eigenvalue weighted by molar-refractivity contribution is 5.77. The molecule has 1 N–H and O–H groups in total. The van der Waals surface area contributed by atoms with E-state index >= 15 is 0 Å². The molecule has 19 heavy (non-hydrogen) atoms. The Kier molecular flexibility index (Phi) is 4.35. The largest absolute Gasteiger partial charge is 0.381 e. The lowest BCUT2D eigenvalue weighted by molar-refractivity contribution is -0.136. The molecule has 3 aliphatic rings. The molecule has 0 spiro atoms. The lowest BCUT2D eigenvalue weighted by Crippen LogP contribution is -2.44. The number of morpholine rings is 1. The van der Waals surface area contributed by atoms with Gasteiger partial charge in [0, 0.05) is 38.2 Å². The van der Waals surface area contributed by atoms with Gasteiger partial charge >= 0.3 is 0 Å². The predicted molar refractivity (Wildman–Crippen MR) is 70.9 cm³/mol. The smallest absolute Gasteiger partial charge is 0.225 e. The minimum absolute atomic E-state index is 0.0577. The van der Waals surface area contributed by atoms with E-state index in [9.17, 15) is 4.79 Å². The quantitative estimate of drug-likeness (QED) is 0.784. The second-order valence-corrected chi connectivity index (χ2v) is 5.91. The maximum Gasteiger partial charge on any atom is 0.225 e. The van der Waals surface area contributed by atoms with Crippen LogP contribution in [0, 0.1) is 5.92 Å². The lowest BCUT2D eigenvalue weighted by Gasteiger charge is -2.29. The Balaban J connectivity index is 1.51. The van der Waals surface area contributed by atoms with Gasteiger partial charge in [-0.3, -0.25) is 4.79 Å². The molecule has 2 atom stereocenters. The van der Waals surface area contributed by atoms with Gasteiger partial charge in [-0.05, 0) is 19.3 Å². The van der Waals surface area contributed by atoms with Gasteiger partial charge in [-0.1, -0.05) is 0 Å². The molecule has 5 heteroatoms. The third-order valence-electron chi connectivity index (χ3n) is 4.19. The fourth-order valence-corrected chi connectivity index (χ4v) is 2.91. The summed E-state index contributed by atoms with van der Waals surface area (Å²) in [6.45, 7) is 4.97. The molecule has 2 heterocycles. The Morgan fingerprint density at radius 3 is 2.79 bits per heavy atom. The Hall–Kier alpha value is -0.650. The molecule has 5 nitrogen and oxygen atoms in total. The number of rotatable bonds is 5. The first kappa shape index (κ1) is 13.3. The van der Waals surface area contributed by atoms with Crippen LogP contribution >= 0.6 is 0 Å². The summed E-state index contributed by atoms with van der Waals surface area (Å²) in [6.07, 6.45) is 4.02. The van der Waals surface area contributed by atoms with Crippen molar-refractivity contribution in [3.63, 3.8) is 0 Å². The van der Waals surface area contributed by atoms with Gasteiger partial charge in [0.2, 0.25) is 5.91 Å². The topological polar surface area (TPSA) is 50.8 Å². The number of nitrogens with zero attached hydrogens (tertiary/aromatic N) is 1. The first-order chi connectivity index (χ1) is 9.33. The third kappa shape index (κ3) is 3.68. The number of amides is 1. The van der Waals surface area contributed by atoms with Gasteiger partial charge in [-0.25, -0.2) is 0 Å². The van der Waals surface area contributed by atoms with E-state index in [-0.39, 0.29) is 12.0 Å². The SMILES string of the molecule is O=C(CC1CNCCO1)N(CC1CCOC1)C1CC1. The van der Waals surface area contributed by atoms with Crippen LogP contribution in [-0.2, 0) is 14.3 Å². The molecule has 2 aliphatic heterocycles. The maximum atomic E-state index is 12.5. The summed E-state index contributed by atoms with van der Waals surface area (Å²) >= 11 is 0. The molecule has 0 aromatic carbocycles. The molecular formula is C14H24N2O3. The standard InChI is InChI=1S/C14H24N2O3/c17-14(7-13-8-15-4-6-19-13)16(12-1-2-12)9-11-3-5-18-10-11/h11-13,15H,1-10H2. The number of ether oxygens (including phenoxy) is 2. The minimum atomic E-state index is 0.0577. The van der Waals surface area contributed by atoms with E-state index in [0.29, 0.717) is 18.4 Å². The summed E-state index contributed by atoms with van der Waals surface area (Å²) in [7, 11) is 0. The summed E-state index contributed by atoms with van der Waals surface area (Å²) in [4.78, 5) is 14.6. The number of nitrogens with one attached hydrogen (secondary N) is 1. The van der Waals surface area contributed by atoms with Crippen LogP contribution < -0.4 is 5.32 Å².